The number of pyridine rings is 2. The van der Waals surface area contributed by atoms with Gasteiger partial charge in [0.15, 0.2) is 0 Å². The Balaban J connectivity index is 0.000000184. The van der Waals surface area contributed by atoms with E-state index in [0.717, 1.165) is 25.5 Å². The molecule has 148 valence electrons. The summed E-state index contributed by atoms with van der Waals surface area (Å²) < 4.78 is 18.9. The average molecular weight is 585 g/mol. The molecule has 0 bridgehead atoms. The van der Waals surface area contributed by atoms with Crippen molar-refractivity contribution in [1.29, 1.82) is 0 Å². The van der Waals surface area contributed by atoms with Gasteiger partial charge in [-0.05, 0) is 55.5 Å². The first kappa shape index (κ1) is 23.1. The molecule has 2 aromatic carbocycles. The number of halogens is 2. The van der Waals surface area contributed by atoms with Crippen molar-refractivity contribution in [2.45, 2.75) is 6.92 Å². The zero-order chi connectivity index (χ0) is 21.4. The van der Waals surface area contributed by atoms with Gasteiger partial charge in [0.05, 0.1) is 11.0 Å². The zero-order valence-corrected chi connectivity index (χ0v) is 19.9. The number of nitrogens with zero attached hydrogens (tertiary/aromatic N) is 2. The van der Waals surface area contributed by atoms with E-state index in [1.807, 2.05) is 37.3 Å². The van der Waals surface area contributed by atoms with Crippen LogP contribution in [0.4, 0.5) is 0 Å². The molecule has 0 aliphatic rings. The van der Waals surface area contributed by atoms with Gasteiger partial charge in [-0.25, -0.2) is 9.78 Å². The molecule has 0 aliphatic carbocycles. The molecule has 0 spiro atoms. The van der Waals surface area contributed by atoms with Crippen LogP contribution in [-0.2, 0) is 7.67 Å². The van der Waals surface area contributed by atoms with E-state index in [4.69, 9.17) is 12.8 Å². The molecule has 0 saturated heterocycles. The minimum absolute atomic E-state index is 0.0693. The first-order valence-corrected chi connectivity index (χ1v) is 11.1. The second kappa shape index (κ2) is 11.1. The third-order valence-corrected chi connectivity index (χ3v) is 4.65. The van der Waals surface area contributed by atoms with E-state index in [1.54, 1.807) is 12.1 Å². The van der Waals surface area contributed by atoms with Gasteiger partial charge in [-0.15, -0.1) is 0 Å². The SMILES string of the molecule is Cc1ccc2cc(Br)ccc2n1.O=C(O)c1ccc2cc(Br)ccc2n1.O=[Se]=O. The Morgan fingerprint density at radius 3 is 1.83 bits per heavy atom. The normalized spacial score (nSPS) is 9.76. The summed E-state index contributed by atoms with van der Waals surface area (Å²) in [7, 11) is 0. The monoisotopic (exact) mass is 584 g/mol. The maximum atomic E-state index is 10.6. The molecule has 29 heavy (non-hydrogen) atoms. The van der Waals surface area contributed by atoms with Gasteiger partial charge in [0.2, 0.25) is 0 Å². The van der Waals surface area contributed by atoms with Gasteiger partial charge in [-0.1, -0.05) is 44.0 Å². The molecule has 0 atom stereocenters. The molecule has 9 heteroatoms. The third-order valence-electron chi connectivity index (χ3n) is 3.66. The van der Waals surface area contributed by atoms with Crippen molar-refractivity contribution in [2.24, 2.45) is 0 Å². The number of aryl methyl sites for hydroxylation is 1. The summed E-state index contributed by atoms with van der Waals surface area (Å²) in [5.41, 5.74) is 2.87. The van der Waals surface area contributed by atoms with Gasteiger partial charge >= 0.3 is 28.5 Å². The molecular weight excluding hydrogens is 571 g/mol. The molecule has 6 nitrogen and oxygen atoms in total. The number of hydrogen-bond donors (Lipinski definition) is 1. The summed E-state index contributed by atoms with van der Waals surface area (Å²) in [6.07, 6.45) is 0. The molecule has 0 radical (unpaired) electrons. The van der Waals surface area contributed by atoms with E-state index in [1.165, 1.54) is 11.5 Å². The zero-order valence-electron chi connectivity index (χ0n) is 15.0. The molecule has 4 aromatic rings. The number of aromatic carboxylic acids is 1. The predicted molar refractivity (Wildman–Crippen MR) is 118 cm³/mol. The van der Waals surface area contributed by atoms with Crippen molar-refractivity contribution >= 4 is 74.5 Å². The van der Waals surface area contributed by atoms with Crippen LogP contribution in [0.15, 0.2) is 69.6 Å². The number of carboxylic acids is 1. The summed E-state index contributed by atoms with van der Waals surface area (Å²) in [5.74, 6) is -1.00. The summed E-state index contributed by atoms with van der Waals surface area (Å²) in [4.78, 5) is 19.0. The van der Waals surface area contributed by atoms with Crippen LogP contribution >= 0.6 is 31.9 Å². The molecule has 0 saturated carbocycles. The summed E-state index contributed by atoms with van der Waals surface area (Å²) in [6.45, 7) is 2.00. The van der Waals surface area contributed by atoms with Crippen LogP contribution in [0.2, 0.25) is 0 Å². The molecule has 1 N–H and O–H groups in total. The minimum atomic E-state index is -1.62. The summed E-state index contributed by atoms with van der Waals surface area (Å²) in [6, 6.07) is 19.0. The quantitative estimate of drug-likeness (QED) is 0.302. The summed E-state index contributed by atoms with van der Waals surface area (Å²) >= 11 is 5.13. The Bertz CT molecular complexity index is 1170. The van der Waals surface area contributed by atoms with Crippen LogP contribution in [0.5, 0.6) is 0 Å². The van der Waals surface area contributed by atoms with E-state index in [2.05, 4.69) is 54.0 Å². The van der Waals surface area contributed by atoms with Crippen molar-refractivity contribution in [3.63, 3.8) is 0 Å². The first-order valence-electron chi connectivity index (χ1n) is 8.08. The Morgan fingerprint density at radius 2 is 1.31 bits per heavy atom. The Hall–Kier alpha value is -2.19. The number of carboxylic acid groups (broad SMARTS) is 1. The second-order valence-electron chi connectivity index (χ2n) is 5.70. The number of fused-ring (bicyclic) bond motifs is 2. The topological polar surface area (TPSA) is 97.2 Å². The molecule has 0 aliphatic heterocycles. The molecule has 2 aromatic heterocycles. The van der Waals surface area contributed by atoms with Gasteiger partial charge in [0.1, 0.15) is 5.69 Å². The fourth-order valence-electron chi connectivity index (χ4n) is 2.41. The van der Waals surface area contributed by atoms with Crippen LogP contribution in [0.25, 0.3) is 21.8 Å². The van der Waals surface area contributed by atoms with Crippen LogP contribution in [-0.4, -0.2) is 35.9 Å². The number of hydrogen-bond acceptors (Lipinski definition) is 5. The second-order valence-corrected chi connectivity index (χ2v) is 7.81. The van der Waals surface area contributed by atoms with E-state index in [9.17, 15) is 4.79 Å². The first-order chi connectivity index (χ1) is 13.8. The number of benzene rings is 2. The molecule has 2 heterocycles. The van der Waals surface area contributed by atoms with Crippen molar-refractivity contribution in [3.05, 3.63) is 81.0 Å². The van der Waals surface area contributed by atoms with Crippen molar-refractivity contribution in [1.82, 2.24) is 9.97 Å². The van der Waals surface area contributed by atoms with E-state index in [-0.39, 0.29) is 5.69 Å². The van der Waals surface area contributed by atoms with E-state index < -0.39 is 20.8 Å². The number of rotatable bonds is 1. The van der Waals surface area contributed by atoms with Crippen molar-refractivity contribution in [2.75, 3.05) is 0 Å². The van der Waals surface area contributed by atoms with Gasteiger partial charge in [-0.3, -0.25) is 4.98 Å². The molecule has 0 unspecified atom stereocenters. The standard InChI is InChI=1S/C10H6BrNO2.C10H8BrN.O2Se/c11-7-2-4-8-6(5-7)1-3-9(12-8)10(13)14;1-7-2-3-8-6-9(11)4-5-10(8)12-7;1-3-2/h1-5H,(H,13,14);2-6H,1H3;. The van der Waals surface area contributed by atoms with E-state index in [0.29, 0.717) is 5.52 Å². The van der Waals surface area contributed by atoms with Crippen LogP contribution in [0.1, 0.15) is 16.2 Å². The molecular formula is C20H14Br2N2O4Se. The predicted octanol–water partition coefficient (Wildman–Crippen LogP) is 5.38. The Kier molecular flexibility index (Phi) is 8.85. The number of carbonyl (C=O) groups is 1. The van der Waals surface area contributed by atoms with Gasteiger partial charge < -0.3 is 5.11 Å². The van der Waals surface area contributed by atoms with Gasteiger partial charge in [0.25, 0.3) is 0 Å². The van der Waals surface area contributed by atoms with Crippen LogP contribution < -0.4 is 0 Å². The third kappa shape index (κ3) is 6.97. The van der Waals surface area contributed by atoms with Crippen LogP contribution in [0.3, 0.4) is 0 Å². The number of aromatic nitrogens is 2. The average Bonchev–Trinajstić information content (AvgIpc) is 2.69. The Labute approximate surface area is 189 Å². The molecule has 4 rings (SSSR count). The summed E-state index contributed by atoms with van der Waals surface area (Å²) in [5, 5.41) is 10.8. The fraction of sp³-hybridized carbons (Fsp3) is 0.0500. The maximum absolute atomic E-state index is 10.6. The van der Waals surface area contributed by atoms with Gasteiger partial charge in [-0.2, -0.15) is 0 Å². The molecule has 0 fully saturated rings. The van der Waals surface area contributed by atoms with Crippen LogP contribution in [0, 0.1) is 6.92 Å². The Morgan fingerprint density at radius 1 is 0.828 bits per heavy atom. The van der Waals surface area contributed by atoms with Gasteiger partial charge in [0, 0.05) is 25.4 Å². The van der Waals surface area contributed by atoms with Crippen molar-refractivity contribution < 1.29 is 17.6 Å². The van der Waals surface area contributed by atoms with Crippen molar-refractivity contribution in [3.8, 4) is 0 Å². The fourth-order valence-corrected chi connectivity index (χ4v) is 3.17. The van der Waals surface area contributed by atoms with E-state index >= 15 is 0 Å². The molecule has 0 amide bonds.